The molecule has 3 nitrogen and oxygen atoms in total. The number of hydrogen-bond donors (Lipinski definition) is 0. The number of ether oxygens (including phenoxy) is 1. The van der Waals surface area contributed by atoms with Gasteiger partial charge in [0.25, 0.3) is 0 Å². The number of piperidine rings is 1. The van der Waals surface area contributed by atoms with Gasteiger partial charge in [0, 0.05) is 0 Å². The fourth-order valence-electron chi connectivity index (χ4n) is 2.78. The van der Waals surface area contributed by atoms with E-state index in [-0.39, 0.29) is 12.4 Å². The average Bonchev–Trinajstić information content (AvgIpc) is 2.84. The largest absolute Gasteiger partial charge is 0.483 e. The third-order valence-corrected chi connectivity index (χ3v) is 3.98. The van der Waals surface area contributed by atoms with E-state index >= 15 is 0 Å². The number of carbonyl (C=O) groups is 1. The number of benzene rings is 1. The van der Waals surface area contributed by atoms with E-state index in [0.717, 1.165) is 30.8 Å². The highest BCUT2D eigenvalue weighted by molar-refractivity contribution is 6.03. The zero-order valence-corrected chi connectivity index (χ0v) is 11.9. The Labute approximate surface area is 119 Å². The van der Waals surface area contributed by atoms with Gasteiger partial charge >= 0.3 is 0 Å². The number of likely N-dealkylation sites (tertiary alicyclic amines) is 1. The molecule has 0 radical (unpaired) electrons. The molecule has 2 aliphatic heterocycles. The molecule has 0 aromatic heterocycles. The predicted molar refractivity (Wildman–Crippen MR) is 78.2 cm³/mol. The lowest BCUT2D eigenvalue weighted by Crippen LogP contribution is -2.29. The lowest BCUT2D eigenvalue weighted by atomic mass is 10.0. The Hall–Kier alpha value is -1.79. The van der Waals surface area contributed by atoms with Crippen molar-refractivity contribution in [1.82, 2.24) is 4.90 Å². The Kier molecular flexibility index (Phi) is 3.75. The Morgan fingerprint density at radius 1 is 1.25 bits per heavy atom. The number of Topliss-reactive ketones (excluding diaryl/α,β-unsaturated/α-hetero) is 1. The number of nitrogens with zero attached hydrogens (tertiary/aromatic N) is 1. The lowest BCUT2D eigenvalue weighted by molar-refractivity contribution is 0.0961. The minimum absolute atomic E-state index is 0.0547. The van der Waals surface area contributed by atoms with Crippen LogP contribution in [0.5, 0.6) is 5.75 Å². The van der Waals surface area contributed by atoms with Crippen molar-refractivity contribution in [3.63, 3.8) is 0 Å². The van der Waals surface area contributed by atoms with Gasteiger partial charge in [0.15, 0.2) is 6.61 Å². The number of carbonyl (C=O) groups excluding carboxylic acids is 1. The van der Waals surface area contributed by atoms with E-state index in [2.05, 4.69) is 16.7 Å². The van der Waals surface area contributed by atoms with Crippen LogP contribution in [0, 0.1) is 18.8 Å². The maximum atomic E-state index is 11.7. The van der Waals surface area contributed by atoms with E-state index in [0.29, 0.717) is 11.3 Å². The zero-order chi connectivity index (χ0) is 13.9. The van der Waals surface area contributed by atoms with Crippen LogP contribution in [-0.4, -0.2) is 36.9 Å². The van der Waals surface area contributed by atoms with Gasteiger partial charge in [0.05, 0.1) is 17.7 Å². The van der Waals surface area contributed by atoms with Gasteiger partial charge < -0.3 is 4.74 Å². The molecule has 0 unspecified atom stereocenters. The average molecular weight is 269 g/mol. The molecular formula is C17H19NO2. The third kappa shape index (κ3) is 2.57. The molecule has 104 valence electrons. The minimum atomic E-state index is 0.0547. The van der Waals surface area contributed by atoms with Crippen molar-refractivity contribution in [2.45, 2.75) is 26.2 Å². The molecule has 0 spiro atoms. The molecule has 2 heterocycles. The summed E-state index contributed by atoms with van der Waals surface area (Å²) < 4.78 is 5.50. The first-order valence-electron chi connectivity index (χ1n) is 7.26. The number of aryl methyl sites for hydroxylation is 1. The molecule has 1 aromatic rings. The summed E-state index contributed by atoms with van der Waals surface area (Å²) in [7, 11) is 0. The normalized spacial score (nSPS) is 18.1. The molecular weight excluding hydrogens is 250 g/mol. The molecule has 0 aliphatic carbocycles. The van der Waals surface area contributed by atoms with Gasteiger partial charge in [-0.05, 0) is 44.5 Å². The van der Waals surface area contributed by atoms with Gasteiger partial charge in [-0.2, -0.15) is 0 Å². The molecule has 3 rings (SSSR count). The Balaban J connectivity index is 1.79. The lowest BCUT2D eigenvalue weighted by Gasteiger charge is -2.23. The Morgan fingerprint density at radius 2 is 2.05 bits per heavy atom. The second-order valence-electron chi connectivity index (χ2n) is 5.48. The second-order valence-corrected chi connectivity index (χ2v) is 5.48. The first-order valence-corrected chi connectivity index (χ1v) is 7.26. The van der Waals surface area contributed by atoms with Crippen LogP contribution < -0.4 is 4.74 Å². The zero-order valence-electron chi connectivity index (χ0n) is 11.9. The molecule has 3 heteroatoms. The summed E-state index contributed by atoms with van der Waals surface area (Å²) in [6.45, 7) is 5.26. The van der Waals surface area contributed by atoms with Crippen LogP contribution in [0.1, 0.15) is 40.7 Å². The molecule has 20 heavy (non-hydrogen) atoms. The van der Waals surface area contributed by atoms with Crippen LogP contribution in [0.4, 0.5) is 0 Å². The summed E-state index contributed by atoms with van der Waals surface area (Å²) in [5, 5.41) is 0. The summed E-state index contributed by atoms with van der Waals surface area (Å²) in [6.07, 6.45) is 3.89. The van der Waals surface area contributed by atoms with E-state index in [1.165, 1.54) is 19.3 Å². The molecule has 0 atom stereocenters. The molecule has 2 aliphatic rings. The van der Waals surface area contributed by atoms with Gasteiger partial charge in [-0.25, -0.2) is 0 Å². The molecule has 1 saturated heterocycles. The van der Waals surface area contributed by atoms with Crippen molar-refractivity contribution < 1.29 is 9.53 Å². The third-order valence-electron chi connectivity index (χ3n) is 3.98. The fraction of sp³-hybridized carbons (Fsp3) is 0.471. The van der Waals surface area contributed by atoms with Crippen LogP contribution in [0.2, 0.25) is 0 Å². The Morgan fingerprint density at radius 3 is 2.85 bits per heavy atom. The maximum absolute atomic E-state index is 11.7. The Bertz CT molecular complexity index is 589. The summed E-state index contributed by atoms with van der Waals surface area (Å²) in [6, 6.07) is 3.80. The van der Waals surface area contributed by atoms with E-state index < -0.39 is 0 Å². The van der Waals surface area contributed by atoms with Gasteiger partial charge in [0.1, 0.15) is 5.75 Å². The van der Waals surface area contributed by atoms with Gasteiger partial charge in [-0.15, -0.1) is 0 Å². The van der Waals surface area contributed by atoms with Crippen molar-refractivity contribution >= 4 is 5.78 Å². The molecule has 1 fully saturated rings. The quantitative estimate of drug-likeness (QED) is 0.733. The highest BCUT2D eigenvalue weighted by Gasteiger charge is 2.24. The van der Waals surface area contributed by atoms with Crippen LogP contribution >= 0.6 is 0 Å². The van der Waals surface area contributed by atoms with E-state index in [9.17, 15) is 4.79 Å². The van der Waals surface area contributed by atoms with Crippen LogP contribution in [0.25, 0.3) is 0 Å². The standard InChI is InChI=1S/C17H19NO2/c1-13-7-8-15-16(19)12-20-17(15)14(13)6-5-11-18-9-3-2-4-10-18/h7-8H,2-4,9-12H2,1H3. The monoisotopic (exact) mass is 269 g/mol. The SMILES string of the molecule is Cc1ccc2c(c1C#CCN1CCCCC1)OCC2=O. The first-order chi connectivity index (χ1) is 9.75. The summed E-state index contributed by atoms with van der Waals surface area (Å²) >= 11 is 0. The smallest absolute Gasteiger partial charge is 0.203 e. The molecule has 0 bridgehead atoms. The number of rotatable bonds is 1. The van der Waals surface area contributed by atoms with Crippen LogP contribution in [-0.2, 0) is 0 Å². The molecule has 0 amide bonds. The predicted octanol–water partition coefficient (Wildman–Crippen LogP) is 2.41. The topological polar surface area (TPSA) is 29.5 Å². The van der Waals surface area contributed by atoms with Crippen molar-refractivity contribution in [2.24, 2.45) is 0 Å². The highest BCUT2D eigenvalue weighted by Crippen LogP contribution is 2.31. The number of fused-ring (bicyclic) bond motifs is 1. The summed E-state index contributed by atoms with van der Waals surface area (Å²) in [4.78, 5) is 14.1. The number of hydrogen-bond acceptors (Lipinski definition) is 3. The fourth-order valence-corrected chi connectivity index (χ4v) is 2.78. The second kappa shape index (κ2) is 5.68. The maximum Gasteiger partial charge on any atom is 0.203 e. The van der Waals surface area contributed by atoms with Crippen LogP contribution in [0.3, 0.4) is 0 Å². The number of ketones is 1. The summed E-state index contributed by atoms with van der Waals surface area (Å²) in [5.74, 6) is 7.19. The van der Waals surface area contributed by atoms with Crippen molar-refractivity contribution in [3.8, 4) is 17.6 Å². The van der Waals surface area contributed by atoms with Gasteiger partial charge in [-0.1, -0.05) is 24.3 Å². The van der Waals surface area contributed by atoms with E-state index in [1.807, 2.05) is 19.1 Å². The van der Waals surface area contributed by atoms with Crippen LogP contribution in [0.15, 0.2) is 12.1 Å². The highest BCUT2D eigenvalue weighted by atomic mass is 16.5. The van der Waals surface area contributed by atoms with E-state index in [1.54, 1.807) is 0 Å². The van der Waals surface area contributed by atoms with Crippen molar-refractivity contribution in [1.29, 1.82) is 0 Å². The van der Waals surface area contributed by atoms with Gasteiger partial charge in [0.2, 0.25) is 5.78 Å². The van der Waals surface area contributed by atoms with E-state index in [4.69, 9.17) is 4.74 Å². The summed E-state index contributed by atoms with van der Waals surface area (Å²) in [5.41, 5.74) is 2.63. The first kappa shape index (κ1) is 13.2. The van der Waals surface area contributed by atoms with Crippen molar-refractivity contribution in [2.75, 3.05) is 26.2 Å². The molecule has 0 N–H and O–H groups in total. The molecule has 0 saturated carbocycles. The van der Waals surface area contributed by atoms with Crippen molar-refractivity contribution in [3.05, 3.63) is 28.8 Å². The van der Waals surface area contributed by atoms with Gasteiger partial charge in [-0.3, -0.25) is 9.69 Å². The minimum Gasteiger partial charge on any atom is -0.483 e. The molecule has 1 aromatic carbocycles.